The second-order valence-corrected chi connectivity index (χ2v) is 5.26. The van der Waals surface area contributed by atoms with E-state index >= 15 is 0 Å². The number of amides is 1. The summed E-state index contributed by atoms with van der Waals surface area (Å²) in [6, 6.07) is 4.28. The summed E-state index contributed by atoms with van der Waals surface area (Å²) in [7, 11) is 0. The topological polar surface area (TPSA) is 55.6 Å². The second kappa shape index (κ2) is 5.72. The van der Waals surface area contributed by atoms with Crippen molar-refractivity contribution in [1.29, 1.82) is 0 Å². The molecule has 19 heavy (non-hydrogen) atoms. The van der Waals surface area contributed by atoms with Gasteiger partial charge in [-0.05, 0) is 44.9 Å². The predicted molar refractivity (Wildman–Crippen MR) is 76.4 cm³/mol. The number of hydrogen-bond acceptors (Lipinski definition) is 3. The van der Waals surface area contributed by atoms with E-state index in [-0.39, 0.29) is 18.6 Å². The van der Waals surface area contributed by atoms with Gasteiger partial charge in [-0.1, -0.05) is 17.7 Å². The number of carbonyl (C=O) groups is 1. The third-order valence-corrected chi connectivity index (χ3v) is 3.55. The predicted octanol–water partition coefficient (Wildman–Crippen LogP) is 1.69. The van der Waals surface area contributed by atoms with Gasteiger partial charge in [0.1, 0.15) is 6.61 Å². The standard InChI is InChI=1S/C15H22N2O2/c1-10-6-11(2)15(12(3)7-10)17-13(4-5-16)8-19-9-14(17)18/h6-7,13H,4-5,8-9,16H2,1-3H3. The van der Waals surface area contributed by atoms with Gasteiger partial charge >= 0.3 is 0 Å². The molecule has 104 valence electrons. The molecule has 0 radical (unpaired) electrons. The number of aryl methyl sites for hydroxylation is 3. The van der Waals surface area contributed by atoms with Crippen molar-refractivity contribution in [2.45, 2.75) is 33.2 Å². The molecule has 1 heterocycles. The average molecular weight is 262 g/mol. The maximum absolute atomic E-state index is 12.2. The van der Waals surface area contributed by atoms with E-state index in [1.54, 1.807) is 0 Å². The van der Waals surface area contributed by atoms with E-state index in [1.165, 1.54) is 5.56 Å². The molecule has 0 saturated carbocycles. The van der Waals surface area contributed by atoms with Crippen LogP contribution in [0.4, 0.5) is 5.69 Å². The number of nitrogens with zero attached hydrogens (tertiary/aromatic N) is 1. The third kappa shape index (κ3) is 2.80. The lowest BCUT2D eigenvalue weighted by molar-refractivity contribution is -0.127. The number of anilines is 1. The van der Waals surface area contributed by atoms with Crippen molar-refractivity contribution in [2.75, 3.05) is 24.7 Å². The van der Waals surface area contributed by atoms with Crippen LogP contribution in [0, 0.1) is 20.8 Å². The number of hydrogen-bond donors (Lipinski definition) is 1. The fourth-order valence-corrected chi connectivity index (χ4v) is 2.89. The Morgan fingerprint density at radius 1 is 1.32 bits per heavy atom. The van der Waals surface area contributed by atoms with Crippen LogP contribution in [0.5, 0.6) is 0 Å². The highest BCUT2D eigenvalue weighted by atomic mass is 16.5. The lowest BCUT2D eigenvalue weighted by Crippen LogP contribution is -2.51. The summed E-state index contributed by atoms with van der Waals surface area (Å²) >= 11 is 0. The summed E-state index contributed by atoms with van der Waals surface area (Å²) < 4.78 is 5.36. The molecule has 2 rings (SSSR count). The molecule has 4 nitrogen and oxygen atoms in total. The first-order chi connectivity index (χ1) is 9.04. The molecular weight excluding hydrogens is 240 g/mol. The number of nitrogens with two attached hydrogens (primary N) is 1. The summed E-state index contributed by atoms with van der Waals surface area (Å²) in [6.45, 7) is 7.46. The lowest BCUT2D eigenvalue weighted by atomic mass is 10.0. The molecule has 1 aromatic carbocycles. The Balaban J connectivity index is 2.44. The van der Waals surface area contributed by atoms with E-state index < -0.39 is 0 Å². The number of rotatable bonds is 3. The molecule has 4 heteroatoms. The average Bonchev–Trinajstić information content (AvgIpc) is 2.31. The van der Waals surface area contributed by atoms with Crippen molar-refractivity contribution in [3.63, 3.8) is 0 Å². The number of ether oxygens (including phenoxy) is 1. The highest BCUT2D eigenvalue weighted by molar-refractivity contribution is 5.97. The maximum Gasteiger partial charge on any atom is 0.253 e. The molecule has 1 aliphatic rings. The van der Waals surface area contributed by atoms with Gasteiger partial charge in [0.2, 0.25) is 0 Å². The molecular formula is C15H22N2O2. The van der Waals surface area contributed by atoms with Crippen molar-refractivity contribution in [3.8, 4) is 0 Å². The number of morpholine rings is 1. The van der Waals surface area contributed by atoms with Gasteiger partial charge in [-0.15, -0.1) is 0 Å². The first-order valence-electron chi connectivity index (χ1n) is 6.72. The summed E-state index contributed by atoms with van der Waals surface area (Å²) in [5, 5.41) is 0. The SMILES string of the molecule is Cc1cc(C)c(N2C(=O)COCC2CCN)c(C)c1. The van der Waals surface area contributed by atoms with Crippen molar-refractivity contribution in [3.05, 3.63) is 28.8 Å². The molecule has 1 saturated heterocycles. The minimum absolute atomic E-state index is 0.0275. The van der Waals surface area contributed by atoms with Crippen LogP contribution >= 0.6 is 0 Å². The second-order valence-electron chi connectivity index (χ2n) is 5.26. The van der Waals surface area contributed by atoms with E-state index in [1.807, 2.05) is 4.90 Å². The Hall–Kier alpha value is -1.39. The molecule has 1 aliphatic heterocycles. The Kier molecular flexibility index (Phi) is 4.22. The van der Waals surface area contributed by atoms with Gasteiger partial charge in [-0.25, -0.2) is 0 Å². The summed E-state index contributed by atoms with van der Waals surface area (Å²) in [5.41, 5.74) is 10.2. The fourth-order valence-electron chi connectivity index (χ4n) is 2.89. The molecule has 0 aromatic heterocycles. The van der Waals surface area contributed by atoms with Gasteiger partial charge in [0.05, 0.1) is 12.6 Å². The highest BCUT2D eigenvalue weighted by Crippen LogP contribution is 2.30. The minimum atomic E-state index is 0.0275. The zero-order chi connectivity index (χ0) is 14.0. The molecule has 1 unspecified atom stereocenters. The van der Waals surface area contributed by atoms with Crippen LogP contribution in [-0.4, -0.2) is 31.7 Å². The minimum Gasteiger partial charge on any atom is -0.369 e. The van der Waals surface area contributed by atoms with Crippen molar-refractivity contribution in [1.82, 2.24) is 0 Å². The molecule has 0 spiro atoms. The van der Waals surface area contributed by atoms with Crippen molar-refractivity contribution < 1.29 is 9.53 Å². The molecule has 2 N–H and O–H groups in total. The normalized spacial score (nSPS) is 19.9. The zero-order valence-corrected chi connectivity index (χ0v) is 11.9. The van der Waals surface area contributed by atoms with Crippen LogP contribution < -0.4 is 10.6 Å². The van der Waals surface area contributed by atoms with E-state index in [4.69, 9.17) is 10.5 Å². The van der Waals surface area contributed by atoms with E-state index in [2.05, 4.69) is 32.9 Å². The van der Waals surface area contributed by atoms with Gasteiger partial charge in [-0.2, -0.15) is 0 Å². The monoisotopic (exact) mass is 262 g/mol. The van der Waals surface area contributed by atoms with Gasteiger partial charge in [0, 0.05) is 5.69 Å². The van der Waals surface area contributed by atoms with Crippen molar-refractivity contribution in [2.24, 2.45) is 5.73 Å². The van der Waals surface area contributed by atoms with Crippen LogP contribution in [0.15, 0.2) is 12.1 Å². The summed E-state index contributed by atoms with van der Waals surface area (Å²) in [4.78, 5) is 14.1. The first kappa shape index (κ1) is 14.0. The van der Waals surface area contributed by atoms with E-state index in [0.29, 0.717) is 13.2 Å². The summed E-state index contributed by atoms with van der Waals surface area (Å²) in [5.74, 6) is 0.0275. The molecule has 1 amide bonds. The largest absolute Gasteiger partial charge is 0.369 e. The molecule has 0 bridgehead atoms. The lowest BCUT2D eigenvalue weighted by Gasteiger charge is -2.37. The summed E-state index contributed by atoms with van der Waals surface area (Å²) in [6.07, 6.45) is 0.762. The van der Waals surface area contributed by atoms with Gasteiger partial charge in [0.25, 0.3) is 5.91 Å². The van der Waals surface area contributed by atoms with Crippen LogP contribution in [0.2, 0.25) is 0 Å². The molecule has 1 aromatic rings. The Labute approximate surface area is 114 Å². The third-order valence-electron chi connectivity index (χ3n) is 3.55. The van der Waals surface area contributed by atoms with Crippen LogP contribution in [0.1, 0.15) is 23.1 Å². The maximum atomic E-state index is 12.2. The Morgan fingerprint density at radius 3 is 2.53 bits per heavy atom. The van der Waals surface area contributed by atoms with Gasteiger partial charge in [-0.3, -0.25) is 4.79 Å². The fraction of sp³-hybridized carbons (Fsp3) is 0.533. The Morgan fingerprint density at radius 2 is 1.95 bits per heavy atom. The smallest absolute Gasteiger partial charge is 0.253 e. The highest BCUT2D eigenvalue weighted by Gasteiger charge is 2.31. The molecule has 1 atom stereocenters. The van der Waals surface area contributed by atoms with Crippen LogP contribution in [0.25, 0.3) is 0 Å². The van der Waals surface area contributed by atoms with Crippen LogP contribution in [0.3, 0.4) is 0 Å². The first-order valence-corrected chi connectivity index (χ1v) is 6.72. The Bertz CT molecular complexity index is 460. The van der Waals surface area contributed by atoms with Gasteiger partial charge in [0.15, 0.2) is 0 Å². The number of benzene rings is 1. The zero-order valence-electron chi connectivity index (χ0n) is 11.9. The van der Waals surface area contributed by atoms with Crippen molar-refractivity contribution >= 4 is 11.6 Å². The molecule has 1 fully saturated rings. The van der Waals surface area contributed by atoms with Crippen LogP contribution in [-0.2, 0) is 9.53 Å². The van der Waals surface area contributed by atoms with Gasteiger partial charge < -0.3 is 15.4 Å². The molecule has 0 aliphatic carbocycles. The quantitative estimate of drug-likeness (QED) is 0.902. The van der Waals surface area contributed by atoms with E-state index in [9.17, 15) is 4.79 Å². The van der Waals surface area contributed by atoms with E-state index in [0.717, 1.165) is 23.2 Å². The number of carbonyl (C=O) groups excluding carboxylic acids is 1.